The molecular weight excluding hydrogens is 224 g/mol. The molecule has 0 aromatic heterocycles. The van der Waals surface area contributed by atoms with Gasteiger partial charge in [-0.1, -0.05) is 18.1 Å². The minimum Gasteiger partial charge on any atom is -0.459 e. The number of esters is 1. The van der Waals surface area contributed by atoms with Crippen LogP contribution < -0.4 is 0 Å². The first kappa shape index (κ1) is 16.3. The van der Waals surface area contributed by atoms with Crippen LogP contribution in [-0.2, 0) is 9.53 Å². The van der Waals surface area contributed by atoms with Gasteiger partial charge in [0.1, 0.15) is 0 Å². The van der Waals surface area contributed by atoms with Crippen LogP contribution in [0.2, 0.25) is 0 Å². The normalized spacial score (nSPS) is 9.56. The highest BCUT2D eigenvalue weighted by Gasteiger charge is 1.88. The second-order valence-electron chi connectivity index (χ2n) is 3.96. The Balaban J connectivity index is 3.29. The number of methoxy groups -OCH3 is 1. The lowest BCUT2D eigenvalue weighted by molar-refractivity contribution is -0.133. The Morgan fingerprint density at radius 1 is 1.11 bits per heavy atom. The first-order chi connectivity index (χ1) is 8.81. The summed E-state index contributed by atoms with van der Waals surface area (Å²) in [5.74, 6) is 7.40. The number of unbranched alkanes of at least 4 members (excludes halogenated alkanes) is 6. The second kappa shape index (κ2) is 13.4. The molecule has 0 rings (SSSR count). The minimum absolute atomic E-state index is 0.457. The molecule has 98 valence electrons. The molecule has 2 nitrogen and oxygen atoms in total. The molecule has 0 aliphatic rings. The van der Waals surface area contributed by atoms with Crippen molar-refractivity contribution in [3.8, 4) is 24.2 Å². The van der Waals surface area contributed by atoms with Crippen molar-refractivity contribution in [2.24, 2.45) is 0 Å². The molecule has 0 saturated carbocycles. The van der Waals surface area contributed by atoms with E-state index >= 15 is 0 Å². The summed E-state index contributed by atoms with van der Waals surface area (Å²) in [6.07, 6.45) is 17.8. The summed E-state index contributed by atoms with van der Waals surface area (Å²) in [5.41, 5.74) is 0. The maximum atomic E-state index is 10.7. The fourth-order valence-corrected chi connectivity index (χ4v) is 1.39. The molecule has 2 heteroatoms. The smallest absolute Gasteiger partial charge is 0.384 e. The molecule has 0 aliphatic carbocycles. The summed E-state index contributed by atoms with van der Waals surface area (Å²) < 4.78 is 4.41. The summed E-state index contributed by atoms with van der Waals surface area (Å²) in [4.78, 5) is 10.7. The highest BCUT2D eigenvalue weighted by Crippen LogP contribution is 2.03. The fraction of sp³-hybridized carbons (Fsp3) is 0.562. The van der Waals surface area contributed by atoms with Gasteiger partial charge in [0, 0.05) is 18.8 Å². The van der Waals surface area contributed by atoms with Gasteiger partial charge in [0.15, 0.2) is 0 Å². The third-order valence-corrected chi connectivity index (χ3v) is 2.41. The predicted octanol–water partition coefficient (Wildman–Crippen LogP) is 3.47. The molecule has 0 aromatic carbocycles. The Morgan fingerprint density at radius 2 is 1.72 bits per heavy atom. The van der Waals surface area contributed by atoms with Gasteiger partial charge in [0.2, 0.25) is 0 Å². The fourth-order valence-electron chi connectivity index (χ4n) is 1.39. The van der Waals surface area contributed by atoms with Crippen molar-refractivity contribution in [1.82, 2.24) is 0 Å². The maximum Gasteiger partial charge on any atom is 0.384 e. The van der Waals surface area contributed by atoms with Crippen molar-refractivity contribution in [2.45, 2.75) is 51.4 Å². The molecule has 0 N–H and O–H groups in total. The van der Waals surface area contributed by atoms with E-state index in [0.717, 1.165) is 44.9 Å². The molecule has 0 spiro atoms. The molecule has 0 heterocycles. The molecule has 18 heavy (non-hydrogen) atoms. The molecular formula is C16H22O2. The molecule has 0 aromatic rings. The lowest BCUT2D eigenvalue weighted by Gasteiger charge is -1.93. The van der Waals surface area contributed by atoms with Gasteiger partial charge < -0.3 is 4.74 Å². The summed E-state index contributed by atoms with van der Waals surface area (Å²) in [6, 6.07) is 0. The predicted molar refractivity (Wildman–Crippen MR) is 74.7 cm³/mol. The summed E-state index contributed by atoms with van der Waals surface area (Å²) in [5, 5.41) is 0. The van der Waals surface area contributed by atoms with E-state index in [2.05, 4.69) is 34.7 Å². The van der Waals surface area contributed by atoms with Gasteiger partial charge in [-0.25, -0.2) is 4.79 Å². The Labute approximate surface area is 111 Å². The van der Waals surface area contributed by atoms with E-state index in [9.17, 15) is 4.79 Å². The van der Waals surface area contributed by atoms with Crippen LogP contribution >= 0.6 is 0 Å². The molecule has 0 amide bonds. The van der Waals surface area contributed by atoms with Gasteiger partial charge in [0.25, 0.3) is 0 Å². The second-order valence-corrected chi connectivity index (χ2v) is 3.96. The first-order valence-electron chi connectivity index (χ1n) is 6.46. The zero-order chi connectivity index (χ0) is 13.5. The van der Waals surface area contributed by atoms with E-state index in [1.165, 1.54) is 13.5 Å². The average Bonchev–Trinajstić information content (AvgIpc) is 2.39. The van der Waals surface area contributed by atoms with E-state index < -0.39 is 5.97 Å². The SMILES string of the molecule is C#CCCCC/C=C/CCCCC#CC(=O)OC. The van der Waals surface area contributed by atoms with E-state index in [4.69, 9.17) is 6.42 Å². The average molecular weight is 246 g/mol. The van der Waals surface area contributed by atoms with Crippen molar-refractivity contribution in [3.05, 3.63) is 12.2 Å². The first-order valence-corrected chi connectivity index (χ1v) is 6.46. The number of hydrogen-bond donors (Lipinski definition) is 0. The molecule has 0 radical (unpaired) electrons. The van der Waals surface area contributed by atoms with Gasteiger partial charge in [0.05, 0.1) is 7.11 Å². The quantitative estimate of drug-likeness (QED) is 0.215. The van der Waals surface area contributed by atoms with Crippen LogP contribution in [0, 0.1) is 24.2 Å². The van der Waals surface area contributed by atoms with Crippen molar-refractivity contribution >= 4 is 5.97 Å². The van der Waals surface area contributed by atoms with E-state index in [1.54, 1.807) is 0 Å². The topological polar surface area (TPSA) is 26.3 Å². The molecule has 0 bridgehead atoms. The number of allylic oxidation sites excluding steroid dienone is 2. The minimum atomic E-state index is -0.457. The molecule has 0 fully saturated rings. The number of rotatable bonds is 8. The van der Waals surface area contributed by atoms with Crippen LogP contribution in [0.5, 0.6) is 0 Å². The zero-order valence-corrected chi connectivity index (χ0v) is 11.2. The Kier molecular flexibility index (Phi) is 12.2. The standard InChI is InChI=1S/C16H22O2/c1-3-4-5-6-7-8-9-10-11-12-13-14-15-16(17)18-2/h1,8-9H,4-7,10-13H2,2H3/b9-8+. The number of terminal acetylenes is 1. The third kappa shape index (κ3) is 12.4. The van der Waals surface area contributed by atoms with Crippen LogP contribution in [0.15, 0.2) is 12.2 Å². The number of carbonyl (C=O) groups is 1. The largest absolute Gasteiger partial charge is 0.459 e. The number of ether oxygens (including phenoxy) is 1. The van der Waals surface area contributed by atoms with Gasteiger partial charge in [-0.15, -0.1) is 12.3 Å². The van der Waals surface area contributed by atoms with Gasteiger partial charge >= 0.3 is 5.97 Å². The summed E-state index contributed by atoms with van der Waals surface area (Å²) >= 11 is 0. The Bertz CT molecular complexity index is 336. The number of hydrogen-bond acceptors (Lipinski definition) is 2. The third-order valence-electron chi connectivity index (χ3n) is 2.41. The van der Waals surface area contributed by atoms with Crippen LogP contribution in [-0.4, -0.2) is 13.1 Å². The van der Waals surface area contributed by atoms with E-state index in [-0.39, 0.29) is 0 Å². The van der Waals surface area contributed by atoms with Crippen LogP contribution in [0.1, 0.15) is 51.4 Å². The lowest BCUT2D eigenvalue weighted by atomic mass is 10.1. The zero-order valence-electron chi connectivity index (χ0n) is 11.2. The van der Waals surface area contributed by atoms with E-state index in [0.29, 0.717) is 0 Å². The molecule has 0 unspecified atom stereocenters. The Hall–Kier alpha value is -1.67. The summed E-state index contributed by atoms with van der Waals surface area (Å²) in [7, 11) is 1.34. The van der Waals surface area contributed by atoms with Crippen LogP contribution in [0.4, 0.5) is 0 Å². The van der Waals surface area contributed by atoms with Crippen molar-refractivity contribution < 1.29 is 9.53 Å². The van der Waals surface area contributed by atoms with Gasteiger partial charge in [-0.3, -0.25) is 0 Å². The Morgan fingerprint density at radius 3 is 2.28 bits per heavy atom. The molecule has 0 saturated heterocycles. The van der Waals surface area contributed by atoms with Crippen molar-refractivity contribution in [3.63, 3.8) is 0 Å². The van der Waals surface area contributed by atoms with Crippen LogP contribution in [0.3, 0.4) is 0 Å². The molecule has 0 aliphatic heterocycles. The van der Waals surface area contributed by atoms with Crippen molar-refractivity contribution in [1.29, 1.82) is 0 Å². The summed E-state index contributed by atoms with van der Waals surface area (Å²) in [6.45, 7) is 0. The van der Waals surface area contributed by atoms with Gasteiger partial charge in [-0.2, -0.15) is 0 Å². The lowest BCUT2D eigenvalue weighted by Crippen LogP contribution is -1.94. The highest BCUT2D eigenvalue weighted by molar-refractivity contribution is 5.88. The monoisotopic (exact) mass is 246 g/mol. The maximum absolute atomic E-state index is 10.7. The van der Waals surface area contributed by atoms with E-state index in [1.807, 2.05) is 0 Å². The number of carbonyl (C=O) groups excluding carboxylic acids is 1. The highest BCUT2D eigenvalue weighted by atomic mass is 16.5. The van der Waals surface area contributed by atoms with Crippen molar-refractivity contribution in [2.75, 3.05) is 7.11 Å². The molecule has 0 atom stereocenters. The van der Waals surface area contributed by atoms with Crippen LogP contribution in [0.25, 0.3) is 0 Å². The van der Waals surface area contributed by atoms with Gasteiger partial charge in [-0.05, 0) is 38.5 Å².